The molecule has 0 aliphatic carbocycles. The van der Waals surface area contributed by atoms with Crippen molar-refractivity contribution < 1.29 is 8.42 Å². The van der Waals surface area contributed by atoms with Gasteiger partial charge >= 0.3 is 10.2 Å². The molecule has 0 spiro atoms. The largest absolute Gasteiger partial charge is 0.301 e. The predicted molar refractivity (Wildman–Crippen MR) is 58.3 cm³/mol. The van der Waals surface area contributed by atoms with E-state index in [1.807, 2.05) is 0 Å². The van der Waals surface area contributed by atoms with Crippen molar-refractivity contribution in [2.75, 3.05) is 17.8 Å². The summed E-state index contributed by atoms with van der Waals surface area (Å²) in [5.74, 6) is 0. The van der Waals surface area contributed by atoms with Crippen molar-refractivity contribution in [3.63, 3.8) is 0 Å². The third-order valence-corrected chi connectivity index (χ3v) is 3.90. The highest BCUT2D eigenvalue weighted by atomic mass is 79.9. The highest BCUT2D eigenvalue weighted by Crippen LogP contribution is 2.18. The van der Waals surface area contributed by atoms with Crippen LogP contribution in [0.5, 0.6) is 0 Å². The molecule has 1 aliphatic rings. The van der Waals surface area contributed by atoms with Crippen LogP contribution in [0.2, 0.25) is 0 Å². The van der Waals surface area contributed by atoms with E-state index >= 15 is 0 Å². The van der Waals surface area contributed by atoms with E-state index in [-0.39, 0.29) is 0 Å². The molecule has 1 fully saturated rings. The molecule has 76 valence electrons. The van der Waals surface area contributed by atoms with Crippen LogP contribution in [0.3, 0.4) is 0 Å². The third-order valence-electron chi connectivity index (χ3n) is 1.84. The Morgan fingerprint density at radius 1 is 1.21 bits per heavy atom. The molecule has 0 saturated carbocycles. The lowest BCUT2D eigenvalue weighted by molar-refractivity contribution is 0.569. The molecule has 1 aromatic carbocycles. The summed E-state index contributed by atoms with van der Waals surface area (Å²) in [6.07, 6.45) is 0. The monoisotopic (exact) mass is 276 g/mol. The average molecular weight is 277 g/mol. The molecule has 0 unspecified atom stereocenters. The van der Waals surface area contributed by atoms with Crippen molar-refractivity contribution in [2.24, 2.45) is 0 Å². The Hall–Kier alpha value is -0.590. The molecule has 14 heavy (non-hydrogen) atoms. The van der Waals surface area contributed by atoms with Gasteiger partial charge in [0.1, 0.15) is 0 Å². The van der Waals surface area contributed by atoms with Crippen LogP contribution < -0.4 is 4.72 Å². The van der Waals surface area contributed by atoms with E-state index in [1.165, 1.54) is 4.31 Å². The summed E-state index contributed by atoms with van der Waals surface area (Å²) in [5.41, 5.74) is 0.583. The van der Waals surface area contributed by atoms with Gasteiger partial charge in [0.25, 0.3) is 0 Å². The Morgan fingerprint density at radius 3 is 2.29 bits per heavy atom. The lowest BCUT2D eigenvalue weighted by atomic mass is 10.3. The summed E-state index contributed by atoms with van der Waals surface area (Å²) in [6, 6.07) is 7.01. The first-order chi connectivity index (χ1) is 6.58. The van der Waals surface area contributed by atoms with Gasteiger partial charge in [-0.15, -0.1) is 0 Å². The first-order valence-corrected chi connectivity index (χ1v) is 6.35. The maximum Gasteiger partial charge on any atom is 0.301 e. The number of nitrogens with one attached hydrogen (secondary N) is 1. The van der Waals surface area contributed by atoms with Gasteiger partial charge in [0.2, 0.25) is 0 Å². The molecule has 0 amide bonds. The van der Waals surface area contributed by atoms with Crippen molar-refractivity contribution in [3.05, 3.63) is 28.7 Å². The molecule has 0 bridgehead atoms. The normalized spacial score (nSPS) is 16.6. The van der Waals surface area contributed by atoms with Crippen LogP contribution in [0.4, 0.5) is 5.69 Å². The van der Waals surface area contributed by atoms with Crippen LogP contribution in [0.25, 0.3) is 0 Å². The van der Waals surface area contributed by atoms with Crippen LogP contribution >= 0.6 is 15.9 Å². The van der Waals surface area contributed by atoms with E-state index < -0.39 is 10.2 Å². The number of hydrogen-bond acceptors (Lipinski definition) is 2. The van der Waals surface area contributed by atoms with Gasteiger partial charge in [0.05, 0.1) is 0 Å². The zero-order valence-electron chi connectivity index (χ0n) is 7.27. The minimum absolute atomic E-state index is 0.583. The van der Waals surface area contributed by atoms with E-state index in [0.29, 0.717) is 18.8 Å². The first-order valence-electron chi connectivity index (χ1n) is 4.11. The van der Waals surface area contributed by atoms with Gasteiger partial charge in [-0.05, 0) is 24.3 Å². The van der Waals surface area contributed by atoms with Gasteiger partial charge in [-0.1, -0.05) is 15.9 Å². The fraction of sp³-hybridized carbons (Fsp3) is 0.250. The second kappa shape index (κ2) is 3.52. The van der Waals surface area contributed by atoms with Crippen molar-refractivity contribution in [3.8, 4) is 0 Å². The highest BCUT2D eigenvalue weighted by Gasteiger charge is 2.31. The molecule has 0 atom stereocenters. The second-order valence-electron chi connectivity index (χ2n) is 3.01. The summed E-state index contributed by atoms with van der Waals surface area (Å²) in [4.78, 5) is 0. The Kier molecular flexibility index (Phi) is 2.50. The van der Waals surface area contributed by atoms with Gasteiger partial charge in [0.15, 0.2) is 0 Å². The number of halogens is 1. The van der Waals surface area contributed by atoms with Crippen molar-refractivity contribution >= 4 is 31.8 Å². The molecule has 1 heterocycles. The van der Waals surface area contributed by atoms with E-state index in [2.05, 4.69) is 20.7 Å². The average Bonchev–Trinajstić information content (AvgIpc) is 2.91. The van der Waals surface area contributed by atoms with E-state index in [0.717, 1.165) is 4.47 Å². The molecular weight excluding hydrogens is 268 g/mol. The summed E-state index contributed by atoms with van der Waals surface area (Å²) in [7, 11) is -3.28. The van der Waals surface area contributed by atoms with E-state index in [9.17, 15) is 8.42 Å². The minimum Gasteiger partial charge on any atom is -0.271 e. The molecule has 6 heteroatoms. The summed E-state index contributed by atoms with van der Waals surface area (Å²) < 4.78 is 27.7. The van der Waals surface area contributed by atoms with Gasteiger partial charge in [0, 0.05) is 23.2 Å². The molecule has 4 nitrogen and oxygen atoms in total. The van der Waals surface area contributed by atoms with E-state index in [1.54, 1.807) is 24.3 Å². The lowest BCUT2D eigenvalue weighted by Crippen LogP contribution is -2.20. The highest BCUT2D eigenvalue weighted by molar-refractivity contribution is 9.10. The topological polar surface area (TPSA) is 49.2 Å². The molecule has 1 saturated heterocycles. The van der Waals surface area contributed by atoms with Crippen molar-refractivity contribution in [1.29, 1.82) is 0 Å². The molecule has 1 N–H and O–H groups in total. The molecule has 1 aromatic rings. The number of anilines is 1. The van der Waals surface area contributed by atoms with Crippen LogP contribution in [0, 0.1) is 0 Å². The predicted octanol–water partition coefficient (Wildman–Crippen LogP) is 1.42. The molecule has 0 radical (unpaired) electrons. The van der Waals surface area contributed by atoms with Gasteiger partial charge < -0.3 is 0 Å². The summed E-state index contributed by atoms with van der Waals surface area (Å²) in [6.45, 7) is 1.23. The van der Waals surface area contributed by atoms with Crippen LogP contribution in [-0.2, 0) is 10.2 Å². The fourth-order valence-electron chi connectivity index (χ4n) is 1.01. The van der Waals surface area contributed by atoms with E-state index in [4.69, 9.17) is 0 Å². The van der Waals surface area contributed by atoms with Crippen molar-refractivity contribution in [2.45, 2.75) is 0 Å². The van der Waals surface area contributed by atoms with Gasteiger partial charge in [-0.3, -0.25) is 4.72 Å². The molecule has 2 rings (SSSR count). The number of nitrogens with zero attached hydrogens (tertiary/aromatic N) is 1. The molecule has 0 aromatic heterocycles. The van der Waals surface area contributed by atoms with Crippen molar-refractivity contribution in [1.82, 2.24) is 4.31 Å². The van der Waals surface area contributed by atoms with Crippen LogP contribution in [0.1, 0.15) is 0 Å². The molecule has 1 aliphatic heterocycles. The first kappa shape index (κ1) is 9.95. The number of rotatable bonds is 3. The quantitative estimate of drug-likeness (QED) is 0.849. The Balaban J connectivity index is 2.14. The SMILES string of the molecule is O=S(=O)(Nc1ccc(Br)cc1)N1CC1. The third kappa shape index (κ3) is 2.26. The standard InChI is InChI=1S/C8H9BrN2O2S/c9-7-1-3-8(4-2-7)10-14(12,13)11-5-6-11/h1-4,10H,5-6H2. The fourth-order valence-corrected chi connectivity index (χ4v) is 2.40. The number of hydrogen-bond donors (Lipinski definition) is 1. The Labute approximate surface area is 91.2 Å². The lowest BCUT2D eigenvalue weighted by Gasteiger charge is -2.07. The number of benzene rings is 1. The van der Waals surface area contributed by atoms with Crippen LogP contribution in [-0.4, -0.2) is 25.8 Å². The smallest absolute Gasteiger partial charge is 0.271 e. The molecular formula is C8H9BrN2O2S. The van der Waals surface area contributed by atoms with Crippen LogP contribution in [0.15, 0.2) is 28.7 Å². The Morgan fingerprint density at radius 2 is 1.79 bits per heavy atom. The zero-order valence-corrected chi connectivity index (χ0v) is 9.68. The Bertz CT molecular complexity index is 425. The minimum atomic E-state index is -3.28. The summed E-state index contributed by atoms with van der Waals surface area (Å²) >= 11 is 3.28. The maximum atomic E-state index is 11.5. The van der Waals surface area contributed by atoms with Gasteiger partial charge in [-0.25, -0.2) is 0 Å². The van der Waals surface area contributed by atoms with Gasteiger partial charge in [-0.2, -0.15) is 12.7 Å². The summed E-state index contributed by atoms with van der Waals surface area (Å²) in [5, 5.41) is 0. The maximum absolute atomic E-state index is 11.5. The second-order valence-corrected chi connectivity index (χ2v) is 5.60. The zero-order chi connectivity index (χ0) is 10.2.